The molecule has 1 rings (SSSR count). The van der Waals surface area contributed by atoms with Gasteiger partial charge in [0.15, 0.2) is 0 Å². The van der Waals surface area contributed by atoms with Crippen molar-refractivity contribution >= 4 is 0 Å². The van der Waals surface area contributed by atoms with Gasteiger partial charge in [-0.1, -0.05) is 13.8 Å². The minimum absolute atomic E-state index is 0.0448. The summed E-state index contributed by atoms with van der Waals surface area (Å²) in [6.07, 6.45) is 0.927. The van der Waals surface area contributed by atoms with Gasteiger partial charge in [-0.25, -0.2) is 0 Å². The van der Waals surface area contributed by atoms with Crippen molar-refractivity contribution in [2.75, 3.05) is 19.8 Å². The highest BCUT2D eigenvalue weighted by molar-refractivity contribution is 5.34. The third-order valence-corrected chi connectivity index (χ3v) is 3.79. The minimum atomic E-state index is -0.662. The second-order valence-electron chi connectivity index (χ2n) is 5.13. The summed E-state index contributed by atoms with van der Waals surface area (Å²) in [5.74, 6) is 0.618. The van der Waals surface area contributed by atoms with Gasteiger partial charge in [0.1, 0.15) is 18.5 Å². The number of aliphatic hydroxyl groups is 2. The van der Waals surface area contributed by atoms with Gasteiger partial charge in [0.25, 0.3) is 0 Å². The minimum Gasteiger partial charge on any atom is -0.491 e. The summed E-state index contributed by atoms with van der Waals surface area (Å²) in [6, 6.07) is 8.79. The summed E-state index contributed by atoms with van der Waals surface area (Å²) >= 11 is 0. The number of rotatable bonds is 9. The monoisotopic (exact) mass is 292 g/mol. The molecule has 0 aromatic heterocycles. The number of aliphatic hydroxyl groups excluding tert-OH is 2. The Morgan fingerprint density at radius 3 is 2.38 bits per heavy atom. The summed E-state index contributed by atoms with van der Waals surface area (Å²) in [5.41, 5.74) is 0.235. The molecular formula is C16H24N2O3. The van der Waals surface area contributed by atoms with E-state index in [9.17, 15) is 10.2 Å². The molecule has 0 saturated heterocycles. The Morgan fingerprint density at radius 1 is 1.29 bits per heavy atom. The molecule has 3 N–H and O–H groups in total. The van der Waals surface area contributed by atoms with Crippen molar-refractivity contribution in [2.45, 2.75) is 38.3 Å². The predicted molar refractivity (Wildman–Crippen MR) is 81.1 cm³/mol. The first-order valence-electron chi connectivity index (χ1n) is 7.26. The molecule has 1 unspecified atom stereocenters. The number of nitrogens with one attached hydrogen (secondary N) is 1. The molecule has 1 aromatic rings. The first-order chi connectivity index (χ1) is 10.1. The normalized spacial score (nSPS) is 12.7. The van der Waals surface area contributed by atoms with Crippen LogP contribution in [0.2, 0.25) is 0 Å². The molecule has 1 atom stereocenters. The Hall–Kier alpha value is -1.61. The second-order valence-corrected chi connectivity index (χ2v) is 5.13. The Labute approximate surface area is 126 Å². The van der Waals surface area contributed by atoms with Crippen LogP contribution in [0.5, 0.6) is 5.75 Å². The van der Waals surface area contributed by atoms with E-state index in [-0.39, 0.29) is 18.8 Å². The molecule has 5 nitrogen and oxygen atoms in total. The third kappa shape index (κ3) is 5.35. The lowest BCUT2D eigenvalue weighted by Gasteiger charge is -2.32. The van der Waals surface area contributed by atoms with E-state index >= 15 is 0 Å². The van der Waals surface area contributed by atoms with E-state index in [0.29, 0.717) is 17.9 Å². The predicted octanol–water partition coefficient (Wildman–Crippen LogP) is 1.44. The van der Waals surface area contributed by atoms with Crippen LogP contribution in [0.3, 0.4) is 0 Å². The fraction of sp³-hybridized carbons (Fsp3) is 0.562. The van der Waals surface area contributed by atoms with Gasteiger partial charge in [0.2, 0.25) is 0 Å². The van der Waals surface area contributed by atoms with Crippen molar-refractivity contribution in [3.05, 3.63) is 29.8 Å². The zero-order valence-corrected chi connectivity index (χ0v) is 12.7. The average Bonchev–Trinajstić information content (AvgIpc) is 2.55. The molecule has 0 bridgehead atoms. The molecule has 1 aromatic carbocycles. The van der Waals surface area contributed by atoms with E-state index in [0.717, 1.165) is 12.8 Å². The van der Waals surface area contributed by atoms with Gasteiger partial charge in [0, 0.05) is 12.1 Å². The smallest absolute Gasteiger partial charge is 0.119 e. The average molecular weight is 292 g/mol. The van der Waals surface area contributed by atoms with Gasteiger partial charge in [-0.3, -0.25) is 0 Å². The van der Waals surface area contributed by atoms with Crippen molar-refractivity contribution in [1.29, 1.82) is 5.26 Å². The zero-order chi connectivity index (χ0) is 15.7. The van der Waals surface area contributed by atoms with E-state index in [1.54, 1.807) is 24.3 Å². The Morgan fingerprint density at radius 2 is 1.90 bits per heavy atom. The first kappa shape index (κ1) is 17.4. The maximum absolute atomic E-state index is 9.94. The largest absolute Gasteiger partial charge is 0.491 e. The zero-order valence-electron chi connectivity index (χ0n) is 12.7. The van der Waals surface area contributed by atoms with Crippen LogP contribution in [-0.4, -0.2) is 41.6 Å². The van der Waals surface area contributed by atoms with Crippen LogP contribution < -0.4 is 10.1 Å². The third-order valence-electron chi connectivity index (χ3n) is 3.79. The van der Waals surface area contributed by atoms with E-state index in [1.807, 2.05) is 19.9 Å². The number of benzene rings is 1. The lowest BCUT2D eigenvalue weighted by molar-refractivity contribution is 0.0813. The Bertz CT molecular complexity index is 441. The Kier molecular flexibility index (Phi) is 7.17. The van der Waals surface area contributed by atoms with Crippen LogP contribution in [0, 0.1) is 11.3 Å². The summed E-state index contributed by atoms with van der Waals surface area (Å²) < 4.78 is 5.47. The fourth-order valence-corrected chi connectivity index (χ4v) is 1.99. The molecule has 5 heteroatoms. The van der Waals surface area contributed by atoms with Crippen molar-refractivity contribution in [1.82, 2.24) is 5.32 Å². The van der Waals surface area contributed by atoms with Crippen LogP contribution in [0.4, 0.5) is 0 Å². The van der Waals surface area contributed by atoms with E-state index in [4.69, 9.17) is 10.00 Å². The highest BCUT2D eigenvalue weighted by Crippen LogP contribution is 2.14. The van der Waals surface area contributed by atoms with Crippen molar-refractivity contribution in [3.63, 3.8) is 0 Å². The lowest BCUT2D eigenvalue weighted by atomic mass is 9.94. The number of hydrogen-bond acceptors (Lipinski definition) is 5. The number of β-amino-alcohol motifs (C(OH)–C–C–N with tert-alkyl or cyclic N) is 1. The molecule has 0 saturated carbocycles. The number of nitriles is 1. The van der Waals surface area contributed by atoms with E-state index < -0.39 is 6.10 Å². The van der Waals surface area contributed by atoms with Gasteiger partial charge in [-0.15, -0.1) is 0 Å². The topological polar surface area (TPSA) is 85.5 Å². The summed E-state index contributed by atoms with van der Waals surface area (Å²) in [7, 11) is 0. The Balaban J connectivity index is 2.40. The molecule has 0 radical (unpaired) electrons. The van der Waals surface area contributed by atoms with Crippen molar-refractivity contribution in [3.8, 4) is 11.8 Å². The summed E-state index contributed by atoms with van der Waals surface area (Å²) in [6.45, 7) is 4.58. The maximum atomic E-state index is 9.94. The molecule has 0 aliphatic rings. The van der Waals surface area contributed by atoms with Crippen LogP contribution in [0.1, 0.15) is 32.3 Å². The van der Waals surface area contributed by atoms with Gasteiger partial charge in [-0.05, 0) is 37.1 Å². The first-order valence-corrected chi connectivity index (χ1v) is 7.26. The molecule has 0 aliphatic heterocycles. The standard InChI is InChI=1S/C16H24N2O3/c1-3-16(4-2,12-19)18-10-14(20)11-21-15-7-5-13(9-17)6-8-15/h5-8,14,18-20H,3-4,10-12H2,1-2H3. The number of ether oxygens (including phenoxy) is 1. The van der Waals surface area contributed by atoms with Crippen molar-refractivity contribution in [2.24, 2.45) is 0 Å². The molecule has 0 aliphatic carbocycles. The summed E-state index contributed by atoms with van der Waals surface area (Å²) in [4.78, 5) is 0. The molecule has 0 fully saturated rings. The second kappa shape index (κ2) is 8.63. The fourth-order valence-electron chi connectivity index (χ4n) is 1.99. The SMILES string of the molecule is CCC(CC)(CO)NCC(O)COc1ccc(C#N)cc1. The molecule has 0 heterocycles. The molecule has 116 valence electrons. The van der Waals surface area contributed by atoms with Crippen LogP contribution in [0.15, 0.2) is 24.3 Å². The van der Waals surface area contributed by atoms with Crippen molar-refractivity contribution < 1.29 is 14.9 Å². The quantitative estimate of drug-likeness (QED) is 0.641. The van der Waals surface area contributed by atoms with E-state index in [2.05, 4.69) is 5.32 Å². The van der Waals surface area contributed by atoms with Gasteiger partial charge >= 0.3 is 0 Å². The molecular weight excluding hydrogens is 268 g/mol. The van der Waals surface area contributed by atoms with Crippen LogP contribution in [0.25, 0.3) is 0 Å². The molecule has 0 amide bonds. The molecule has 21 heavy (non-hydrogen) atoms. The van der Waals surface area contributed by atoms with Gasteiger partial charge in [0.05, 0.1) is 18.2 Å². The molecule has 0 spiro atoms. The maximum Gasteiger partial charge on any atom is 0.119 e. The lowest BCUT2D eigenvalue weighted by Crippen LogP contribution is -2.50. The summed E-state index contributed by atoms with van der Waals surface area (Å²) in [5, 5.41) is 31.3. The number of nitrogens with zero attached hydrogens (tertiary/aromatic N) is 1. The van der Waals surface area contributed by atoms with Gasteiger partial charge in [-0.2, -0.15) is 5.26 Å². The highest BCUT2D eigenvalue weighted by Gasteiger charge is 2.25. The highest BCUT2D eigenvalue weighted by atomic mass is 16.5. The van der Waals surface area contributed by atoms with Crippen LogP contribution in [-0.2, 0) is 0 Å². The van der Waals surface area contributed by atoms with Gasteiger partial charge < -0.3 is 20.3 Å². The van der Waals surface area contributed by atoms with Crippen LogP contribution >= 0.6 is 0 Å². The number of hydrogen-bond donors (Lipinski definition) is 3. The van der Waals surface area contributed by atoms with E-state index in [1.165, 1.54) is 0 Å².